The van der Waals surface area contributed by atoms with Crippen LogP contribution in [0.4, 0.5) is 13.2 Å². The van der Waals surface area contributed by atoms with Crippen LogP contribution in [0.5, 0.6) is 5.75 Å². The molecule has 0 spiro atoms. The number of hydrogen-bond donors (Lipinski definition) is 1. The molecule has 1 aliphatic heterocycles. The van der Waals surface area contributed by atoms with Crippen molar-refractivity contribution in [3.8, 4) is 5.75 Å². The van der Waals surface area contributed by atoms with Gasteiger partial charge in [-0.2, -0.15) is 8.78 Å². The van der Waals surface area contributed by atoms with Gasteiger partial charge >= 0.3 is 6.61 Å². The molecule has 1 aromatic carbocycles. The minimum atomic E-state index is -3.05. The maximum atomic E-state index is 14.2. The number of nitrogens with zero attached hydrogens (tertiary/aromatic N) is 3. The van der Waals surface area contributed by atoms with E-state index >= 15 is 0 Å². The van der Waals surface area contributed by atoms with Crippen LogP contribution >= 0.6 is 24.0 Å². The van der Waals surface area contributed by atoms with E-state index in [-0.39, 0.29) is 53.5 Å². The summed E-state index contributed by atoms with van der Waals surface area (Å²) in [5, 5.41) is 3.12. The van der Waals surface area contributed by atoms with Crippen LogP contribution < -0.4 is 10.1 Å². The Labute approximate surface area is 195 Å². The number of alkyl halides is 2. The molecule has 31 heavy (non-hydrogen) atoms. The Morgan fingerprint density at radius 3 is 2.52 bits per heavy atom. The lowest BCUT2D eigenvalue weighted by molar-refractivity contribution is -0.0506. The molecule has 0 saturated carbocycles. The van der Waals surface area contributed by atoms with Gasteiger partial charge in [-0.05, 0) is 31.2 Å². The molecule has 1 saturated heterocycles. The van der Waals surface area contributed by atoms with Gasteiger partial charge in [-0.15, -0.1) is 24.0 Å². The lowest BCUT2D eigenvalue weighted by Gasteiger charge is -2.36. The number of piperazine rings is 1. The zero-order chi connectivity index (χ0) is 21.5. The van der Waals surface area contributed by atoms with E-state index in [1.165, 1.54) is 24.5 Å². The normalized spacial score (nSPS) is 14.4. The Balaban J connectivity index is 0.00000341. The summed E-state index contributed by atoms with van der Waals surface area (Å²) in [5.74, 6) is -0.286. The Kier molecular flexibility index (Phi) is 9.46. The van der Waals surface area contributed by atoms with Crippen LogP contribution in [0.1, 0.15) is 23.0 Å². The summed E-state index contributed by atoms with van der Waals surface area (Å²) in [6.07, 6.45) is 1.45. The summed E-state index contributed by atoms with van der Waals surface area (Å²) in [4.78, 5) is 20.4. The summed E-state index contributed by atoms with van der Waals surface area (Å²) in [6, 6.07) is 7.05. The molecule has 1 aliphatic rings. The van der Waals surface area contributed by atoms with Gasteiger partial charge in [0.05, 0.1) is 18.4 Å². The fourth-order valence-corrected chi connectivity index (χ4v) is 3.16. The quantitative estimate of drug-likeness (QED) is 0.338. The number of guanidine groups is 1. The van der Waals surface area contributed by atoms with Crippen LogP contribution in [0.3, 0.4) is 0 Å². The Hall–Kier alpha value is -2.44. The van der Waals surface area contributed by atoms with Crippen LogP contribution in [0.2, 0.25) is 0 Å². The van der Waals surface area contributed by atoms with Crippen molar-refractivity contribution >= 4 is 35.8 Å². The van der Waals surface area contributed by atoms with Crippen LogP contribution in [0.15, 0.2) is 46.0 Å². The van der Waals surface area contributed by atoms with Crippen molar-refractivity contribution in [2.45, 2.75) is 20.1 Å². The van der Waals surface area contributed by atoms with Gasteiger partial charge in [0.1, 0.15) is 11.6 Å². The van der Waals surface area contributed by atoms with Crippen LogP contribution in [0, 0.1) is 5.82 Å². The first-order chi connectivity index (χ1) is 14.5. The molecule has 1 fully saturated rings. The van der Waals surface area contributed by atoms with E-state index in [2.05, 4.69) is 15.0 Å². The highest BCUT2D eigenvalue weighted by Crippen LogP contribution is 2.24. The molecule has 1 aromatic heterocycles. The Bertz CT molecular complexity index is 873. The second-order valence-corrected chi connectivity index (χ2v) is 6.52. The molecule has 0 bridgehead atoms. The number of carbonyl (C=O) groups is 1. The third-order valence-electron chi connectivity index (χ3n) is 4.61. The number of ether oxygens (including phenoxy) is 1. The molecular weight excluding hydrogens is 528 g/mol. The highest BCUT2D eigenvalue weighted by atomic mass is 127. The number of nitrogens with one attached hydrogen (secondary N) is 1. The van der Waals surface area contributed by atoms with Gasteiger partial charge in [0, 0.05) is 32.7 Å². The number of furan rings is 1. The monoisotopic (exact) mass is 552 g/mol. The maximum absolute atomic E-state index is 14.2. The predicted octanol–water partition coefficient (Wildman–Crippen LogP) is 3.56. The first-order valence-electron chi connectivity index (χ1n) is 9.57. The zero-order valence-corrected chi connectivity index (χ0v) is 19.2. The van der Waals surface area contributed by atoms with Crippen molar-refractivity contribution in [2.24, 2.45) is 4.99 Å². The summed E-state index contributed by atoms with van der Waals surface area (Å²) < 4.78 is 49.0. The second-order valence-electron chi connectivity index (χ2n) is 6.52. The predicted molar refractivity (Wildman–Crippen MR) is 119 cm³/mol. The molecule has 11 heteroatoms. The number of rotatable bonds is 6. The highest BCUT2D eigenvalue weighted by molar-refractivity contribution is 14.0. The SMILES string of the molecule is CCNC(=NCc1c(F)cccc1OC(F)F)N1CCN(C(=O)c2ccco2)CC1.I. The van der Waals surface area contributed by atoms with Gasteiger partial charge in [-0.3, -0.25) is 4.79 Å². The van der Waals surface area contributed by atoms with Crippen LogP contribution in [-0.4, -0.2) is 61.0 Å². The van der Waals surface area contributed by atoms with Crippen LogP contribution in [0.25, 0.3) is 0 Å². The molecule has 0 unspecified atom stereocenters. The third kappa shape index (κ3) is 6.52. The number of aliphatic imine (C=N–C) groups is 1. The molecule has 0 radical (unpaired) electrons. The molecule has 1 amide bonds. The maximum Gasteiger partial charge on any atom is 0.387 e. The van der Waals surface area contributed by atoms with Gasteiger partial charge in [-0.25, -0.2) is 9.38 Å². The first-order valence-corrected chi connectivity index (χ1v) is 9.57. The van der Waals surface area contributed by atoms with Gasteiger partial charge in [0.2, 0.25) is 0 Å². The van der Waals surface area contributed by atoms with E-state index in [0.717, 1.165) is 0 Å². The third-order valence-corrected chi connectivity index (χ3v) is 4.61. The fourth-order valence-electron chi connectivity index (χ4n) is 3.16. The van der Waals surface area contributed by atoms with Gasteiger partial charge in [0.15, 0.2) is 11.7 Å². The van der Waals surface area contributed by atoms with E-state index < -0.39 is 12.4 Å². The van der Waals surface area contributed by atoms with Crippen molar-refractivity contribution < 1.29 is 27.1 Å². The molecular formula is C20H24F3IN4O3. The molecule has 0 aliphatic carbocycles. The molecule has 2 heterocycles. The van der Waals surface area contributed by atoms with Crippen molar-refractivity contribution in [2.75, 3.05) is 32.7 Å². The summed E-state index contributed by atoms with van der Waals surface area (Å²) in [5.41, 5.74) is -0.0418. The van der Waals surface area contributed by atoms with Gasteiger partial charge in [0.25, 0.3) is 5.91 Å². The summed E-state index contributed by atoms with van der Waals surface area (Å²) in [6.45, 7) is 1.19. The van der Waals surface area contributed by atoms with E-state index in [9.17, 15) is 18.0 Å². The fraction of sp³-hybridized carbons (Fsp3) is 0.400. The molecule has 3 rings (SSSR count). The van der Waals surface area contributed by atoms with E-state index in [1.807, 2.05) is 11.8 Å². The average Bonchev–Trinajstić information content (AvgIpc) is 3.26. The number of amides is 1. The molecule has 0 atom stereocenters. The standard InChI is InChI=1S/C20H23F3N4O3.HI/c1-2-24-20(25-13-14-15(21)5-3-6-16(14)30-19(22)23)27-10-8-26(9-11-27)18(28)17-7-4-12-29-17;/h3-7,12,19H,2,8-11,13H2,1H3,(H,24,25);1H. The van der Waals surface area contributed by atoms with E-state index in [4.69, 9.17) is 4.42 Å². The van der Waals surface area contributed by atoms with Gasteiger partial charge < -0.3 is 24.3 Å². The van der Waals surface area contributed by atoms with Crippen molar-refractivity contribution in [3.05, 3.63) is 53.7 Å². The minimum Gasteiger partial charge on any atom is -0.459 e. The largest absolute Gasteiger partial charge is 0.459 e. The lowest BCUT2D eigenvalue weighted by Crippen LogP contribution is -2.53. The van der Waals surface area contributed by atoms with Crippen molar-refractivity contribution in [1.82, 2.24) is 15.1 Å². The molecule has 7 nitrogen and oxygen atoms in total. The number of benzene rings is 1. The van der Waals surface area contributed by atoms with E-state index in [1.54, 1.807) is 17.0 Å². The number of halogens is 4. The minimum absolute atomic E-state index is 0. The average molecular weight is 552 g/mol. The zero-order valence-electron chi connectivity index (χ0n) is 16.9. The number of hydrogen-bond acceptors (Lipinski definition) is 4. The Morgan fingerprint density at radius 1 is 1.19 bits per heavy atom. The summed E-state index contributed by atoms with van der Waals surface area (Å²) in [7, 11) is 0. The smallest absolute Gasteiger partial charge is 0.387 e. The molecule has 1 N–H and O–H groups in total. The molecule has 170 valence electrons. The van der Waals surface area contributed by atoms with E-state index in [0.29, 0.717) is 38.7 Å². The first kappa shape index (κ1) is 24.8. The van der Waals surface area contributed by atoms with Crippen molar-refractivity contribution in [1.29, 1.82) is 0 Å². The number of carbonyl (C=O) groups excluding carboxylic acids is 1. The summed E-state index contributed by atoms with van der Waals surface area (Å²) >= 11 is 0. The highest BCUT2D eigenvalue weighted by Gasteiger charge is 2.25. The lowest BCUT2D eigenvalue weighted by atomic mass is 10.2. The van der Waals surface area contributed by atoms with Crippen LogP contribution in [-0.2, 0) is 6.54 Å². The Morgan fingerprint density at radius 2 is 1.90 bits per heavy atom. The topological polar surface area (TPSA) is 70.3 Å². The molecule has 2 aromatic rings. The van der Waals surface area contributed by atoms with Gasteiger partial charge in [-0.1, -0.05) is 6.07 Å². The second kappa shape index (κ2) is 11.8. The van der Waals surface area contributed by atoms with Crippen molar-refractivity contribution in [3.63, 3.8) is 0 Å².